The molecule has 0 aliphatic rings. The third-order valence-electron chi connectivity index (χ3n) is 2.07. The summed E-state index contributed by atoms with van der Waals surface area (Å²) in [4.78, 5) is 21.4. The first-order valence-electron chi connectivity index (χ1n) is 4.98. The predicted molar refractivity (Wildman–Crippen MR) is 59.1 cm³/mol. The number of hydrogen-bond acceptors (Lipinski definition) is 4. The Labute approximate surface area is 96.8 Å². The number of amides is 1. The molecular weight excluding hydrogens is 229 g/mol. The summed E-state index contributed by atoms with van der Waals surface area (Å²) in [5.74, 6) is -1.36. The fourth-order valence-electron chi connectivity index (χ4n) is 1.25. The van der Waals surface area contributed by atoms with Gasteiger partial charge in [0.1, 0.15) is 11.4 Å². The van der Waals surface area contributed by atoms with E-state index in [0.29, 0.717) is 19.5 Å². The Morgan fingerprint density at radius 1 is 1.53 bits per heavy atom. The van der Waals surface area contributed by atoms with E-state index >= 15 is 0 Å². The van der Waals surface area contributed by atoms with Crippen LogP contribution in [0.3, 0.4) is 0 Å². The van der Waals surface area contributed by atoms with E-state index in [2.05, 4.69) is 5.32 Å². The first-order chi connectivity index (χ1) is 8.06. The molecule has 0 saturated heterocycles. The Kier molecular flexibility index (Phi) is 4.53. The maximum Gasteiger partial charge on any atom is 0.285 e. The first kappa shape index (κ1) is 13.0. The van der Waals surface area contributed by atoms with Crippen molar-refractivity contribution in [2.45, 2.75) is 6.42 Å². The van der Waals surface area contributed by atoms with Crippen molar-refractivity contribution in [2.24, 2.45) is 5.73 Å². The van der Waals surface area contributed by atoms with Gasteiger partial charge in [-0.3, -0.25) is 14.9 Å². The average Bonchev–Trinajstić information content (AvgIpc) is 2.29. The van der Waals surface area contributed by atoms with Crippen molar-refractivity contribution in [1.29, 1.82) is 0 Å². The van der Waals surface area contributed by atoms with Gasteiger partial charge >= 0.3 is 0 Å². The highest BCUT2D eigenvalue weighted by atomic mass is 19.1. The topological polar surface area (TPSA) is 98.3 Å². The molecule has 0 unspecified atom stereocenters. The molecule has 0 aliphatic carbocycles. The lowest BCUT2D eigenvalue weighted by molar-refractivity contribution is -0.385. The van der Waals surface area contributed by atoms with E-state index in [1.165, 1.54) is 0 Å². The molecule has 0 fully saturated rings. The molecule has 0 radical (unpaired) electrons. The fraction of sp³-hybridized carbons (Fsp3) is 0.300. The molecule has 0 spiro atoms. The van der Waals surface area contributed by atoms with Crippen molar-refractivity contribution in [1.82, 2.24) is 5.32 Å². The quantitative estimate of drug-likeness (QED) is 0.452. The van der Waals surface area contributed by atoms with Crippen LogP contribution in [0.25, 0.3) is 0 Å². The third kappa shape index (κ3) is 3.49. The van der Waals surface area contributed by atoms with Gasteiger partial charge in [-0.25, -0.2) is 4.39 Å². The molecule has 1 aromatic rings. The molecule has 17 heavy (non-hydrogen) atoms. The normalized spacial score (nSPS) is 10.0. The second-order valence-corrected chi connectivity index (χ2v) is 3.32. The van der Waals surface area contributed by atoms with Crippen molar-refractivity contribution >= 4 is 11.6 Å². The standard InChI is InChI=1S/C10H12FN3O3/c11-7-2-3-8(9(6-7)14(16)17)10(15)13-5-1-4-12/h2-3,6H,1,4-5,12H2,(H,13,15). The van der Waals surface area contributed by atoms with Crippen LogP contribution in [0.1, 0.15) is 16.8 Å². The minimum Gasteiger partial charge on any atom is -0.352 e. The van der Waals surface area contributed by atoms with Gasteiger partial charge in [0.25, 0.3) is 11.6 Å². The predicted octanol–water partition coefficient (Wildman–Crippen LogP) is 0.812. The summed E-state index contributed by atoms with van der Waals surface area (Å²) in [6.45, 7) is 0.732. The van der Waals surface area contributed by atoms with Gasteiger partial charge in [-0.2, -0.15) is 0 Å². The summed E-state index contributed by atoms with van der Waals surface area (Å²) in [5, 5.41) is 13.1. The molecule has 0 saturated carbocycles. The second kappa shape index (κ2) is 5.90. The van der Waals surface area contributed by atoms with Crippen molar-refractivity contribution in [2.75, 3.05) is 13.1 Å². The minimum atomic E-state index is -0.791. The van der Waals surface area contributed by atoms with Gasteiger partial charge in [0.2, 0.25) is 0 Å². The summed E-state index contributed by atoms with van der Waals surface area (Å²) in [5.41, 5.74) is 4.54. The number of nitrogens with two attached hydrogens (primary N) is 1. The highest BCUT2D eigenvalue weighted by molar-refractivity contribution is 5.98. The van der Waals surface area contributed by atoms with Crippen molar-refractivity contribution in [3.05, 3.63) is 39.7 Å². The van der Waals surface area contributed by atoms with Gasteiger partial charge in [-0.1, -0.05) is 0 Å². The molecule has 0 aliphatic heterocycles. The van der Waals surface area contributed by atoms with Crippen molar-refractivity contribution in [3.8, 4) is 0 Å². The molecule has 7 heteroatoms. The zero-order valence-electron chi connectivity index (χ0n) is 8.98. The fourth-order valence-corrected chi connectivity index (χ4v) is 1.25. The van der Waals surface area contributed by atoms with Crippen LogP contribution in [0, 0.1) is 15.9 Å². The number of nitro groups is 1. The summed E-state index contributed by atoms with van der Waals surface area (Å²) < 4.78 is 12.8. The van der Waals surface area contributed by atoms with Crippen LogP contribution in [-0.2, 0) is 0 Å². The highest BCUT2D eigenvalue weighted by Crippen LogP contribution is 2.19. The summed E-state index contributed by atoms with van der Waals surface area (Å²) in [6.07, 6.45) is 0.570. The van der Waals surface area contributed by atoms with Crippen LogP contribution in [0.5, 0.6) is 0 Å². The number of nitro benzene ring substituents is 1. The number of carbonyl (C=O) groups excluding carboxylic acids is 1. The molecule has 92 valence electrons. The summed E-state index contributed by atoms with van der Waals surface area (Å²) >= 11 is 0. The van der Waals surface area contributed by atoms with Crippen LogP contribution in [0.2, 0.25) is 0 Å². The van der Waals surface area contributed by atoms with Gasteiger partial charge in [0, 0.05) is 6.54 Å². The molecule has 0 aromatic heterocycles. The zero-order valence-corrected chi connectivity index (χ0v) is 8.98. The van der Waals surface area contributed by atoms with Crippen molar-refractivity contribution in [3.63, 3.8) is 0 Å². The SMILES string of the molecule is NCCCNC(=O)c1ccc(F)cc1[N+](=O)[O-]. The maximum atomic E-state index is 12.8. The van der Waals surface area contributed by atoms with Crippen LogP contribution >= 0.6 is 0 Å². The van der Waals surface area contributed by atoms with Crippen LogP contribution in [0.4, 0.5) is 10.1 Å². The summed E-state index contributed by atoms with van der Waals surface area (Å²) in [6, 6.07) is 2.81. The number of rotatable bonds is 5. The van der Waals surface area contributed by atoms with E-state index in [-0.39, 0.29) is 5.56 Å². The van der Waals surface area contributed by atoms with E-state index in [1.54, 1.807) is 0 Å². The molecular formula is C10H12FN3O3. The van der Waals surface area contributed by atoms with Crippen LogP contribution in [0.15, 0.2) is 18.2 Å². The Morgan fingerprint density at radius 2 is 2.24 bits per heavy atom. The van der Waals surface area contributed by atoms with Crippen LogP contribution < -0.4 is 11.1 Å². The monoisotopic (exact) mass is 241 g/mol. The lowest BCUT2D eigenvalue weighted by Gasteiger charge is -2.04. The average molecular weight is 241 g/mol. The van der Waals surface area contributed by atoms with Gasteiger partial charge in [0.15, 0.2) is 0 Å². The molecule has 3 N–H and O–H groups in total. The molecule has 1 rings (SSSR count). The minimum absolute atomic E-state index is 0.159. The van der Waals surface area contributed by atoms with E-state index < -0.39 is 22.3 Å². The Bertz CT molecular complexity index is 437. The zero-order chi connectivity index (χ0) is 12.8. The number of halogens is 1. The van der Waals surface area contributed by atoms with E-state index in [1.807, 2.05) is 0 Å². The maximum absolute atomic E-state index is 12.8. The largest absolute Gasteiger partial charge is 0.352 e. The molecule has 1 aromatic carbocycles. The number of carbonyl (C=O) groups is 1. The highest BCUT2D eigenvalue weighted by Gasteiger charge is 2.20. The number of hydrogen-bond donors (Lipinski definition) is 2. The summed E-state index contributed by atoms with van der Waals surface area (Å²) in [7, 11) is 0. The van der Waals surface area contributed by atoms with E-state index in [0.717, 1.165) is 18.2 Å². The van der Waals surface area contributed by atoms with Gasteiger partial charge < -0.3 is 11.1 Å². The lowest BCUT2D eigenvalue weighted by Crippen LogP contribution is -2.26. The van der Waals surface area contributed by atoms with Crippen molar-refractivity contribution < 1.29 is 14.1 Å². The molecule has 0 bridgehead atoms. The molecule has 0 atom stereocenters. The third-order valence-corrected chi connectivity index (χ3v) is 2.07. The van der Waals surface area contributed by atoms with Gasteiger partial charge in [-0.15, -0.1) is 0 Å². The van der Waals surface area contributed by atoms with Gasteiger partial charge in [-0.05, 0) is 25.1 Å². The molecule has 0 heterocycles. The Hall–Kier alpha value is -2.02. The van der Waals surface area contributed by atoms with Gasteiger partial charge in [0.05, 0.1) is 11.0 Å². The van der Waals surface area contributed by atoms with E-state index in [4.69, 9.17) is 5.73 Å². The lowest BCUT2D eigenvalue weighted by atomic mass is 10.1. The number of nitrogens with one attached hydrogen (secondary N) is 1. The van der Waals surface area contributed by atoms with E-state index in [9.17, 15) is 19.3 Å². The Balaban J connectivity index is 2.89. The molecule has 6 nitrogen and oxygen atoms in total. The number of benzene rings is 1. The number of nitrogens with zero attached hydrogens (tertiary/aromatic N) is 1. The molecule has 1 amide bonds. The second-order valence-electron chi connectivity index (χ2n) is 3.32. The smallest absolute Gasteiger partial charge is 0.285 e. The first-order valence-corrected chi connectivity index (χ1v) is 4.98. The Morgan fingerprint density at radius 3 is 2.82 bits per heavy atom. The van der Waals surface area contributed by atoms with Crippen LogP contribution in [-0.4, -0.2) is 23.9 Å².